The molecule has 0 fully saturated rings. The van der Waals surface area contributed by atoms with Gasteiger partial charge in [-0.3, -0.25) is 4.98 Å². The second-order valence-corrected chi connectivity index (χ2v) is 5.98. The van der Waals surface area contributed by atoms with Crippen molar-refractivity contribution >= 4 is 0 Å². The third kappa shape index (κ3) is 3.87. The fraction of sp³-hybridized carbons (Fsp3) is 0.150. The Morgan fingerprint density at radius 2 is 1.21 bits per heavy atom. The molecule has 3 rings (SSSR count). The molecule has 0 aliphatic carbocycles. The number of nitrogens with zero attached hydrogens (tertiary/aromatic N) is 1. The van der Waals surface area contributed by atoms with E-state index in [9.17, 15) is 31.4 Å². The minimum absolute atomic E-state index is 0.142. The molecule has 0 radical (unpaired) electrons. The Balaban J connectivity index is 2.35. The van der Waals surface area contributed by atoms with Crippen LogP contribution in [0, 0.1) is 0 Å². The number of benzene rings is 2. The lowest BCUT2D eigenvalue weighted by atomic mass is 9.92. The number of aliphatic hydroxyl groups excluding tert-OH is 1. The second-order valence-electron chi connectivity index (χ2n) is 5.98. The van der Waals surface area contributed by atoms with E-state index < -0.39 is 30.1 Å². The third-order valence-corrected chi connectivity index (χ3v) is 4.14. The minimum Gasteiger partial charge on any atom is -0.392 e. The predicted octanol–water partition coefficient (Wildman–Crippen LogP) is 5.95. The lowest BCUT2D eigenvalue weighted by Crippen LogP contribution is -2.10. The van der Waals surface area contributed by atoms with Crippen LogP contribution in [0.25, 0.3) is 22.4 Å². The van der Waals surface area contributed by atoms with Crippen molar-refractivity contribution in [3.05, 3.63) is 77.5 Å². The summed E-state index contributed by atoms with van der Waals surface area (Å²) in [6.45, 7) is -0.518. The highest BCUT2D eigenvalue weighted by molar-refractivity contribution is 5.84. The van der Waals surface area contributed by atoms with Gasteiger partial charge in [-0.15, -0.1) is 0 Å². The van der Waals surface area contributed by atoms with Crippen LogP contribution in [-0.4, -0.2) is 10.1 Å². The molecule has 2 aromatic carbocycles. The van der Waals surface area contributed by atoms with Crippen LogP contribution in [0.2, 0.25) is 0 Å². The number of halogens is 6. The standard InChI is InChI=1S/C20H13F6NO/c21-19(22,23)16-7-3-1-5-13(16)15-9-12(11-28)10-27-18(15)14-6-2-4-8-17(14)20(24,25)26/h1-10,28H,11H2. The maximum absolute atomic E-state index is 13.5. The van der Waals surface area contributed by atoms with Crippen molar-refractivity contribution < 1.29 is 31.4 Å². The minimum atomic E-state index is -4.72. The van der Waals surface area contributed by atoms with Gasteiger partial charge in [0.15, 0.2) is 0 Å². The van der Waals surface area contributed by atoms with Gasteiger partial charge in [0.25, 0.3) is 0 Å². The molecule has 28 heavy (non-hydrogen) atoms. The molecular weight excluding hydrogens is 384 g/mol. The average Bonchev–Trinajstić information content (AvgIpc) is 2.66. The third-order valence-electron chi connectivity index (χ3n) is 4.14. The maximum atomic E-state index is 13.5. The number of hydrogen-bond donors (Lipinski definition) is 1. The number of rotatable bonds is 3. The number of aliphatic hydroxyl groups is 1. The van der Waals surface area contributed by atoms with Gasteiger partial charge in [-0.1, -0.05) is 36.4 Å². The highest BCUT2D eigenvalue weighted by Gasteiger charge is 2.36. The summed E-state index contributed by atoms with van der Waals surface area (Å²) in [6, 6.07) is 10.3. The Bertz CT molecular complexity index is 994. The molecule has 0 amide bonds. The molecule has 1 heterocycles. The van der Waals surface area contributed by atoms with Gasteiger partial charge in [0.2, 0.25) is 0 Å². The van der Waals surface area contributed by atoms with E-state index in [4.69, 9.17) is 0 Å². The summed E-state index contributed by atoms with van der Waals surface area (Å²) in [5.41, 5.74) is -2.88. The molecule has 0 saturated heterocycles. The number of aromatic nitrogens is 1. The van der Waals surface area contributed by atoms with Gasteiger partial charge in [-0.25, -0.2) is 0 Å². The second kappa shape index (κ2) is 7.27. The first kappa shape index (κ1) is 19.9. The van der Waals surface area contributed by atoms with Crippen LogP contribution in [0.3, 0.4) is 0 Å². The van der Waals surface area contributed by atoms with Gasteiger partial charge in [0.05, 0.1) is 23.4 Å². The van der Waals surface area contributed by atoms with E-state index in [1.165, 1.54) is 36.4 Å². The van der Waals surface area contributed by atoms with Crippen molar-refractivity contribution in [3.63, 3.8) is 0 Å². The Hall–Kier alpha value is -2.87. The number of pyridine rings is 1. The summed E-state index contributed by atoms with van der Waals surface area (Å²) in [5, 5.41) is 9.34. The largest absolute Gasteiger partial charge is 0.417 e. The van der Waals surface area contributed by atoms with Crippen LogP contribution < -0.4 is 0 Å². The van der Waals surface area contributed by atoms with Crippen LogP contribution in [-0.2, 0) is 19.0 Å². The van der Waals surface area contributed by atoms with Gasteiger partial charge in [0, 0.05) is 17.3 Å². The van der Waals surface area contributed by atoms with E-state index in [0.29, 0.717) is 0 Å². The summed E-state index contributed by atoms with van der Waals surface area (Å²) >= 11 is 0. The van der Waals surface area contributed by atoms with Crippen molar-refractivity contribution in [1.82, 2.24) is 4.98 Å². The molecule has 0 aliphatic rings. The van der Waals surface area contributed by atoms with Gasteiger partial charge >= 0.3 is 12.4 Å². The number of hydrogen-bond acceptors (Lipinski definition) is 2. The van der Waals surface area contributed by atoms with Crippen LogP contribution >= 0.6 is 0 Å². The molecule has 0 unspecified atom stereocenters. The van der Waals surface area contributed by atoms with Crippen molar-refractivity contribution in [1.29, 1.82) is 0 Å². The highest BCUT2D eigenvalue weighted by atomic mass is 19.4. The smallest absolute Gasteiger partial charge is 0.392 e. The summed E-state index contributed by atoms with van der Waals surface area (Å²) in [5.74, 6) is 0. The zero-order chi connectivity index (χ0) is 20.5. The van der Waals surface area contributed by atoms with E-state index in [0.717, 1.165) is 24.4 Å². The first-order valence-corrected chi connectivity index (χ1v) is 8.06. The molecular formula is C20H13F6NO. The van der Waals surface area contributed by atoms with E-state index >= 15 is 0 Å². The monoisotopic (exact) mass is 397 g/mol. The molecule has 0 aliphatic heterocycles. The van der Waals surface area contributed by atoms with E-state index in [2.05, 4.69) is 4.98 Å². The summed E-state index contributed by atoms with van der Waals surface area (Å²) in [4.78, 5) is 3.97. The highest BCUT2D eigenvalue weighted by Crippen LogP contribution is 2.43. The Kier molecular flexibility index (Phi) is 5.16. The zero-order valence-electron chi connectivity index (χ0n) is 14.1. The van der Waals surface area contributed by atoms with Crippen molar-refractivity contribution in [2.45, 2.75) is 19.0 Å². The molecule has 3 aromatic rings. The van der Waals surface area contributed by atoms with Crippen LogP contribution in [0.1, 0.15) is 16.7 Å². The fourth-order valence-corrected chi connectivity index (χ4v) is 2.92. The van der Waals surface area contributed by atoms with Crippen molar-refractivity contribution in [2.24, 2.45) is 0 Å². The fourth-order valence-electron chi connectivity index (χ4n) is 2.92. The molecule has 0 saturated carbocycles. The Morgan fingerprint density at radius 1 is 0.714 bits per heavy atom. The van der Waals surface area contributed by atoms with Crippen LogP contribution in [0.4, 0.5) is 26.3 Å². The quantitative estimate of drug-likeness (QED) is 0.555. The van der Waals surface area contributed by atoms with Gasteiger partial charge in [-0.05, 0) is 29.3 Å². The zero-order valence-corrected chi connectivity index (χ0v) is 14.1. The van der Waals surface area contributed by atoms with E-state index in [-0.39, 0.29) is 27.9 Å². The topological polar surface area (TPSA) is 33.1 Å². The summed E-state index contributed by atoms with van der Waals surface area (Å²) < 4.78 is 80.7. The Morgan fingerprint density at radius 3 is 1.75 bits per heavy atom. The van der Waals surface area contributed by atoms with Crippen LogP contribution in [0.5, 0.6) is 0 Å². The van der Waals surface area contributed by atoms with Crippen molar-refractivity contribution in [2.75, 3.05) is 0 Å². The van der Waals surface area contributed by atoms with Gasteiger partial charge in [-0.2, -0.15) is 26.3 Å². The maximum Gasteiger partial charge on any atom is 0.417 e. The SMILES string of the molecule is OCc1cnc(-c2ccccc2C(F)(F)F)c(-c2ccccc2C(F)(F)F)c1. The van der Waals surface area contributed by atoms with Crippen LogP contribution in [0.15, 0.2) is 60.8 Å². The lowest BCUT2D eigenvalue weighted by Gasteiger charge is -2.18. The molecule has 8 heteroatoms. The molecule has 2 nitrogen and oxygen atoms in total. The van der Waals surface area contributed by atoms with Gasteiger partial charge in [0.1, 0.15) is 0 Å². The number of alkyl halides is 6. The average molecular weight is 397 g/mol. The summed E-state index contributed by atoms with van der Waals surface area (Å²) in [6.07, 6.45) is -8.29. The van der Waals surface area contributed by atoms with E-state index in [1.54, 1.807) is 0 Å². The molecule has 0 spiro atoms. The lowest BCUT2D eigenvalue weighted by molar-refractivity contribution is -0.138. The molecule has 146 valence electrons. The summed E-state index contributed by atoms with van der Waals surface area (Å²) in [7, 11) is 0. The molecule has 0 atom stereocenters. The normalized spacial score (nSPS) is 12.2. The Labute approximate surface area is 156 Å². The molecule has 1 aromatic heterocycles. The molecule has 0 bridgehead atoms. The van der Waals surface area contributed by atoms with E-state index in [1.807, 2.05) is 0 Å². The first-order valence-electron chi connectivity index (χ1n) is 8.06. The first-order chi connectivity index (χ1) is 13.1. The molecule has 1 N–H and O–H groups in total. The van der Waals surface area contributed by atoms with Crippen molar-refractivity contribution in [3.8, 4) is 22.4 Å². The predicted molar refractivity (Wildman–Crippen MR) is 91.0 cm³/mol. The van der Waals surface area contributed by atoms with Gasteiger partial charge < -0.3 is 5.11 Å².